The highest BCUT2D eigenvalue weighted by atomic mass is 79.9. The van der Waals surface area contributed by atoms with Crippen molar-refractivity contribution in [2.45, 2.75) is 20.0 Å². The van der Waals surface area contributed by atoms with Crippen molar-refractivity contribution in [3.8, 4) is 5.75 Å². The largest absolute Gasteiger partial charge is 0.484 e. The summed E-state index contributed by atoms with van der Waals surface area (Å²) in [6.07, 6.45) is -0.618. The summed E-state index contributed by atoms with van der Waals surface area (Å²) in [6.45, 7) is 3.62. The second kappa shape index (κ2) is 8.55. The Kier molecular flexibility index (Phi) is 7.03. The standard InChI is InChI=1S/C13H17BrN2O4/c1-3-19-9(2)13(18)16-15-12(17)8-20-11-6-4-10(14)5-7-11/h4-7,9H,3,8H2,1-2H3,(H,15,17)(H,16,18). The quantitative estimate of drug-likeness (QED) is 0.765. The smallest absolute Gasteiger partial charge is 0.276 e. The highest BCUT2D eigenvalue weighted by molar-refractivity contribution is 9.10. The van der Waals surface area contributed by atoms with Crippen LogP contribution in [0.4, 0.5) is 0 Å². The summed E-state index contributed by atoms with van der Waals surface area (Å²) < 4.78 is 11.2. The predicted octanol–water partition coefficient (Wildman–Crippen LogP) is 1.40. The zero-order chi connectivity index (χ0) is 15.0. The van der Waals surface area contributed by atoms with Crippen LogP contribution in [0.3, 0.4) is 0 Å². The van der Waals surface area contributed by atoms with Gasteiger partial charge in [-0.2, -0.15) is 0 Å². The van der Waals surface area contributed by atoms with Crippen molar-refractivity contribution in [2.24, 2.45) is 0 Å². The molecule has 0 aliphatic rings. The highest BCUT2D eigenvalue weighted by Crippen LogP contribution is 2.15. The number of rotatable bonds is 6. The first kappa shape index (κ1) is 16.5. The Labute approximate surface area is 125 Å². The van der Waals surface area contributed by atoms with E-state index in [4.69, 9.17) is 9.47 Å². The minimum absolute atomic E-state index is 0.190. The molecule has 2 N–H and O–H groups in total. The summed E-state index contributed by atoms with van der Waals surface area (Å²) in [6, 6.07) is 7.07. The average molecular weight is 345 g/mol. The number of nitrogens with one attached hydrogen (secondary N) is 2. The van der Waals surface area contributed by atoms with E-state index in [1.165, 1.54) is 0 Å². The van der Waals surface area contributed by atoms with Gasteiger partial charge in [0.1, 0.15) is 11.9 Å². The SMILES string of the molecule is CCOC(C)C(=O)NNC(=O)COc1ccc(Br)cc1. The number of carbonyl (C=O) groups excluding carboxylic acids is 2. The van der Waals surface area contributed by atoms with E-state index in [0.717, 1.165) is 4.47 Å². The van der Waals surface area contributed by atoms with Crippen LogP contribution in [0.25, 0.3) is 0 Å². The summed E-state index contributed by atoms with van der Waals surface area (Å²) >= 11 is 3.30. The van der Waals surface area contributed by atoms with Gasteiger partial charge in [-0.15, -0.1) is 0 Å². The third-order valence-electron chi connectivity index (χ3n) is 2.29. The normalized spacial score (nSPS) is 11.6. The molecule has 0 saturated heterocycles. The average Bonchev–Trinajstić information content (AvgIpc) is 2.44. The van der Waals surface area contributed by atoms with Gasteiger partial charge in [-0.25, -0.2) is 0 Å². The molecule has 20 heavy (non-hydrogen) atoms. The Morgan fingerprint density at radius 2 is 1.90 bits per heavy atom. The summed E-state index contributed by atoms with van der Waals surface area (Å²) in [5.74, 6) is -0.300. The summed E-state index contributed by atoms with van der Waals surface area (Å²) in [4.78, 5) is 22.9. The number of amides is 2. The van der Waals surface area contributed by atoms with Gasteiger partial charge in [0.15, 0.2) is 6.61 Å². The van der Waals surface area contributed by atoms with Gasteiger partial charge in [0.2, 0.25) is 0 Å². The number of halogens is 1. The van der Waals surface area contributed by atoms with Crippen LogP contribution in [0.15, 0.2) is 28.7 Å². The topological polar surface area (TPSA) is 76.7 Å². The van der Waals surface area contributed by atoms with Gasteiger partial charge in [0, 0.05) is 11.1 Å². The van der Waals surface area contributed by atoms with E-state index in [1.807, 2.05) is 0 Å². The molecule has 0 bridgehead atoms. The maximum atomic E-state index is 11.5. The highest BCUT2D eigenvalue weighted by Gasteiger charge is 2.13. The Hall–Kier alpha value is -1.60. The molecule has 110 valence electrons. The monoisotopic (exact) mass is 344 g/mol. The van der Waals surface area contributed by atoms with Gasteiger partial charge in [-0.1, -0.05) is 15.9 Å². The van der Waals surface area contributed by atoms with Crippen LogP contribution in [0, 0.1) is 0 Å². The first-order chi connectivity index (χ1) is 9.52. The Morgan fingerprint density at radius 1 is 1.25 bits per heavy atom. The molecule has 0 spiro atoms. The second-order valence-corrected chi connectivity index (χ2v) is 4.79. The number of hydrogen-bond donors (Lipinski definition) is 2. The minimum Gasteiger partial charge on any atom is -0.484 e. The molecule has 0 aliphatic carbocycles. The van der Waals surface area contributed by atoms with Crippen molar-refractivity contribution < 1.29 is 19.1 Å². The Balaban J connectivity index is 2.27. The first-order valence-electron chi connectivity index (χ1n) is 6.11. The molecule has 1 rings (SSSR count). The number of carbonyl (C=O) groups is 2. The number of hydrazine groups is 1. The van der Waals surface area contributed by atoms with Crippen LogP contribution in [0.1, 0.15) is 13.8 Å². The van der Waals surface area contributed by atoms with Gasteiger partial charge in [0.25, 0.3) is 11.8 Å². The molecule has 1 aromatic carbocycles. The van der Waals surface area contributed by atoms with Crippen LogP contribution in [0.5, 0.6) is 5.75 Å². The van der Waals surface area contributed by atoms with Gasteiger partial charge in [-0.3, -0.25) is 20.4 Å². The van der Waals surface area contributed by atoms with Gasteiger partial charge in [-0.05, 0) is 38.1 Å². The minimum atomic E-state index is -0.618. The molecule has 6 nitrogen and oxygen atoms in total. The van der Waals surface area contributed by atoms with Crippen molar-refractivity contribution in [1.29, 1.82) is 0 Å². The third-order valence-corrected chi connectivity index (χ3v) is 2.82. The Bertz CT molecular complexity index is 450. The molecule has 7 heteroatoms. The van der Waals surface area contributed by atoms with E-state index in [1.54, 1.807) is 38.1 Å². The lowest BCUT2D eigenvalue weighted by Gasteiger charge is -2.13. The van der Waals surface area contributed by atoms with Crippen molar-refractivity contribution >= 4 is 27.7 Å². The van der Waals surface area contributed by atoms with Gasteiger partial charge in [0.05, 0.1) is 0 Å². The van der Waals surface area contributed by atoms with Crippen molar-refractivity contribution in [1.82, 2.24) is 10.9 Å². The lowest BCUT2D eigenvalue weighted by molar-refractivity contribution is -0.136. The van der Waals surface area contributed by atoms with E-state index >= 15 is 0 Å². The third kappa shape index (κ3) is 6.03. The maximum Gasteiger partial charge on any atom is 0.276 e. The molecule has 0 aliphatic heterocycles. The van der Waals surface area contributed by atoms with E-state index < -0.39 is 17.9 Å². The summed E-state index contributed by atoms with van der Waals surface area (Å²) in [5, 5.41) is 0. The molecular weight excluding hydrogens is 328 g/mol. The molecule has 0 aromatic heterocycles. The zero-order valence-electron chi connectivity index (χ0n) is 11.3. The van der Waals surface area contributed by atoms with Crippen LogP contribution in [0.2, 0.25) is 0 Å². The molecule has 1 atom stereocenters. The molecule has 0 radical (unpaired) electrons. The van der Waals surface area contributed by atoms with Crippen molar-refractivity contribution in [3.05, 3.63) is 28.7 Å². The van der Waals surface area contributed by atoms with Crippen LogP contribution in [-0.2, 0) is 14.3 Å². The van der Waals surface area contributed by atoms with E-state index in [9.17, 15) is 9.59 Å². The van der Waals surface area contributed by atoms with Crippen LogP contribution >= 0.6 is 15.9 Å². The molecule has 1 unspecified atom stereocenters. The molecule has 1 aromatic rings. The van der Waals surface area contributed by atoms with E-state index in [-0.39, 0.29) is 6.61 Å². The number of hydrogen-bond acceptors (Lipinski definition) is 4. The summed E-state index contributed by atoms with van der Waals surface area (Å²) in [7, 11) is 0. The van der Waals surface area contributed by atoms with Crippen LogP contribution in [-0.4, -0.2) is 31.1 Å². The fourth-order valence-corrected chi connectivity index (χ4v) is 1.54. The molecule has 0 fully saturated rings. The van der Waals surface area contributed by atoms with E-state index in [0.29, 0.717) is 12.4 Å². The van der Waals surface area contributed by atoms with Gasteiger partial charge >= 0.3 is 0 Å². The lowest BCUT2D eigenvalue weighted by atomic mass is 10.3. The Morgan fingerprint density at radius 3 is 2.50 bits per heavy atom. The van der Waals surface area contributed by atoms with Crippen molar-refractivity contribution in [3.63, 3.8) is 0 Å². The maximum absolute atomic E-state index is 11.5. The first-order valence-corrected chi connectivity index (χ1v) is 6.91. The van der Waals surface area contributed by atoms with Crippen molar-refractivity contribution in [2.75, 3.05) is 13.2 Å². The molecule has 0 heterocycles. The lowest BCUT2D eigenvalue weighted by Crippen LogP contribution is -2.47. The molecule has 2 amide bonds. The number of benzene rings is 1. The fourth-order valence-electron chi connectivity index (χ4n) is 1.27. The van der Waals surface area contributed by atoms with Gasteiger partial charge < -0.3 is 9.47 Å². The number of ether oxygens (including phenoxy) is 2. The fraction of sp³-hybridized carbons (Fsp3) is 0.385. The molecular formula is C13H17BrN2O4. The molecule has 0 saturated carbocycles. The second-order valence-electron chi connectivity index (χ2n) is 3.88. The predicted molar refractivity (Wildman–Crippen MR) is 77.0 cm³/mol. The zero-order valence-corrected chi connectivity index (χ0v) is 12.9. The van der Waals surface area contributed by atoms with Crippen LogP contribution < -0.4 is 15.6 Å². The van der Waals surface area contributed by atoms with E-state index in [2.05, 4.69) is 26.8 Å². The summed E-state index contributed by atoms with van der Waals surface area (Å²) in [5.41, 5.74) is 4.51.